The van der Waals surface area contributed by atoms with Gasteiger partial charge in [0.25, 0.3) is 11.4 Å². The molecule has 0 unspecified atom stereocenters. The Balaban J connectivity index is 1.51. The van der Waals surface area contributed by atoms with Crippen molar-refractivity contribution >= 4 is 46.5 Å². The maximum Gasteiger partial charge on any atom is 0.269 e. The van der Waals surface area contributed by atoms with Gasteiger partial charge in [-0.2, -0.15) is 0 Å². The molecule has 0 amide bonds. The molecule has 0 aliphatic heterocycles. The number of thioether (sulfide) groups is 2. The number of carbonyl (C=O) groups is 2. The number of ketones is 2. The summed E-state index contributed by atoms with van der Waals surface area (Å²) in [6.45, 7) is 0. The van der Waals surface area contributed by atoms with E-state index < -0.39 is 9.85 Å². The summed E-state index contributed by atoms with van der Waals surface area (Å²) in [7, 11) is 0. The van der Waals surface area contributed by atoms with Crippen molar-refractivity contribution in [2.24, 2.45) is 0 Å². The third-order valence-electron chi connectivity index (χ3n) is 4.36. The van der Waals surface area contributed by atoms with E-state index in [1.807, 2.05) is 0 Å². The topological polar surface area (TPSA) is 120 Å². The van der Waals surface area contributed by atoms with Crippen molar-refractivity contribution in [3.05, 3.63) is 104 Å². The minimum atomic E-state index is -0.479. The molecule has 0 saturated heterocycles. The SMILES string of the molecule is O=C(CSc1ccc([N+](=O)[O-])cc1)c1ccc(C(=O)CSc2ccc([N+](=O)[O-])cc2)cc1. The first-order valence-corrected chi connectivity index (χ1v) is 11.2. The van der Waals surface area contributed by atoms with E-state index in [1.54, 1.807) is 48.5 Å². The van der Waals surface area contributed by atoms with Crippen LogP contribution in [0.1, 0.15) is 20.7 Å². The Morgan fingerprint density at radius 1 is 0.594 bits per heavy atom. The molecular formula is C22H16N2O6S2. The Kier molecular flexibility index (Phi) is 7.74. The van der Waals surface area contributed by atoms with E-state index >= 15 is 0 Å². The van der Waals surface area contributed by atoms with Gasteiger partial charge in [-0.3, -0.25) is 29.8 Å². The molecule has 0 N–H and O–H groups in total. The quantitative estimate of drug-likeness (QED) is 0.167. The molecular weight excluding hydrogens is 452 g/mol. The summed E-state index contributed by atoms with van der Waals surface area (Å²) >= 11 is 2.56. The zero-order valence-corrected chi connectivity index (χ0v) is 18.1. The Labute approximate surface area is 191 Å². The molecule has 3 aromatic rings. The van der Waals surface area contributed by atoms with Crippen molar-refractivity contribution in [2.75, 3.05) is 11.5 Å². The molecule has 8 nitrogen and oxygen atoms in total. The van der Waals surface area contributed by atoms with Crippen molar-refractivity contribution in [3.63, 3.8) is 0 Å². The molecule has 3 aromatic carbocycles. The highest BCUT2D eigenvalue weighted by atomic mass is 32.2. The molecule has 0 atom stereocenters. The Morgan fingerprint density at radius 2 is 0.906 bits per heavy atom. The Bertz CT molecular complexity index is 1050. The summed E-state index contributed by atoms with van der Waals surface area (Å²) in [6, 6.07) is 18.4. The summed E-state index contributed by atoms with van der Waals surface area (Å²) in [5, 5.41) is 21.4. The van der Waals surface area contributed by atoms with Crippen molar-refractivity contribution < 1.29 is 19.4 Å². The van der Waals surface area contributed by atoms with Gasteiger partial charge in [0.1, 0.15) is 0 Å². The van der Waals surface area contributed by atoms with Gasteiger partial charge in [0.05, 0.1) is 21.4 Å². The average Bonchev–Trinajstić information content (AvgIpc) is 2.81. The largest absolute Gasteiger partial charge is 0.293 e. The van der Waals surface area contributed by atoms with Crippen LogP contribution in [0.4, 0.5) is 11.4 Å². The molecule has 3 rings (SSSR count). The summed E-state index contributed by atoms with van der Waals surface area (Å²) in [6.07, 6.45) is 0. The van der Waals surface area contributed by atoms with Crippen molar-refractivity contribution in [1.82, 2.24) is 0 Å². The molecule has 0 heterocycles. The maximum absolute atomic E-state index is 12.4. The molecule has 32 heavy (non-hydrogen) atoms. The van der Waals surface area contributed by atoms with E-state index in [4.69, 9.17) is 0 Å². The van der Waals surface area contributed by atoms with Crippen molar-refractivity contribution in [1.29, 1.82) is 0 Å². The average molecular weight is 469 g/mol. The minimum absolute atomic E-state index is 0.00678. The molecule has 0 aliphatic rings. The first kappa shape index (κ1) is 23.2. The smallest absolute Gasteiger partial charge is 0.269 e. The van der Waals surface area contributed by atoms with Gasteiger partial charge in [-0.25, -0.2) is 0 Å². The van der Waals surface area contributed by atoms with Crippen LogP contribution in [0.3, 0.4) is 0 Å². The van der Waals surface area contributed by atoms with Gasteiger partial charge in [0, 0.05) is 45.2 Å². The van der Waals surface area contributed by atoms with Crippen LogP contribution >= 0.6 is 23.5 Å². The number of carbonyl (C=O) groups excluding carboxylic acids is 2. The zero-order valence-electron chi connectivity index (χ0n) is 16.5. The van der Waals surface area contributed by atoms with Crippen LogP contribution in [0, 0.1) is 20.2 Å². The van der Waals surface area contributed by atoms with Crippen LogP contribution in [-0.4, -0.2) is 32.9 Å². The number of nitro benzene ring substituents is 2. The summed E-state index contributed by atoms with van der Waals surface area (Å²) in [5.41, 5.74) is 0.929. The Hall–Kier alpha value is -3.50. The van der Waals surface area contributed by atoms with Crippen LogP contribution in [0.15, 0.2) is 82.6 Å². The fourth-order valence-corrected chi connectivity index (χ4v) is 4.22. The lowest BCUT2D eigenvalue weighted by Crippen LogP contribution is -2.05. The van der Waals surface area contributed by atoms with Crippen molar-refractivity contribution in [3.8, 4) is 0 Å². The molecule has 0 saturated carbocycles. The normalized spacial score (nSPS) is 10.5. The third kappa shape index (κ3) is 6.25. The fraction of sp³-hybridized carbons (Fsp3) is 0.0909. The lowest BCUT2D eigenvalue weighted by molar-refractivity contribution is -0.385. The number of benzene rings is 3. The molecule has 10 heteroatoms. The highest BCUT2D eigenvalue weighted by molar-refractivity contribution is 8.00. The second kappa shape index (κ2) is 10.7. The van der Waals surface area contributed by atoms with Gasteiger partial charge in [-0.15, -0.1) is 23.5 Å². The highest BCUT2D eigenvalue weighted by Gasteiger charge is 2.12. The van der Waals surface area contributed by atoms with Crippen LogP contribution < -0.4 is 0 Å². The van der Waals surface area contributed by atoms with Gasteiger partial charge in [0.2, 0.25) is 0 Å². The van der Waals surface area contributed by atoms with E-state index in [2.05, 4.69) is 0 Å². The summed E-state index contributed by atoms with van der Waals surface area (Å²) in [5.74, 6) is 0.0996. The third-order valence-corrected chi connectivity index (χ3v) is 6.39. The zero-order chi connectivity index (χ0) is 23.1. The van der Waals surface area contributed by atoms with Gasteiger partial charge in [0.15, 0.2) is 11.6 Å². The van der Waals surface area contributed by atoms with Crippen LogP contribution in [0.25, 0.3) is 0 Å². The van der Waals surface area contributed by atoms with E-state index in [1.165, 1.54) is 47.8 Å². The lowest BCUT2D eigenvalue weighted by Gasteiger charge is -2.05. The second-order valence-electron chi connectivity index (χ2n) is 6.50. The number of non-ortho nitro benzene ring substituents is 2. The van der Waals surface area contributed by atoms with Gasteiger partial charge in [-0.05, 0) is 24.3 Å². The number of hydrogen-bond acceptors (Lipinski definition) is 8. The molecule has 0 aromatic heterocycles. The number of rotatable bonds is 10. The van der Waals surface area contributed by atoms with Crippen LogP contribution in [0.2, 0.25) is 0 Å². The number of hydrogen-bond donors (Lipinski definition) is 0. The molecule has 0 aliphatic carbocycles. The molecule has 162 valence electrons. The second-order valence-corrected chi connectivity index (χ2v) is 8.60. The number of nitro groups is 2. The first-order valence-electron chi connectivity index (χ1n) is 9.24. The molecule has 0 spiro atoms. The highest BCUT2D eigenvalue weighted by Crippen LogP contribution is 2.24. The standard InChI is InChI=1S/C22H16N2O6S2/c25-21(13-31-19-9-5-17(6-10-19)23(27)28)15-1-2-16(4-3-15)22(26)14-32-20-11-7-18(8-12-20)24(29)30/h1-12H,13-14H2. The lowest BCUT2D eigenvalue weighted by atomic mass is 10.1. The number of Topliss-reactive ketones (excluding diaryl/α,β-unsaturated/α-hetero) is 2. The maximum atomic E-state index is 12.4. The summed E-state index contributed by atoms with van der Waals surface area (Å²) in [4.78, 5) is 46.7. The van der Waals surface area contributed by atoms with Crippen LogP contribution in [0.5, 0.6) is 0 Å². The summed E-state index contributed by atoms with van der Waals surface area (Å²) < 4.78 is 0. The van der Waals surface area contributed by atoms with E-state index in [-0.39, 0.29) is 34.4 Å². The van der Waals surface area contributed by atoms with Crippen LogP contribution in [-0.2, 0) is 0 Å². The molecule has 0 radical (unpaired) electrons. The fourth-order valence-electron chi connectivity index (χ4n) is 2.63. The predicted octanol–water partition coefficient (Wildman–Crippen LogP) is 5.45. The Morgan fingerprint density at radius 3 is 1.19 bits per heavy atom. The van der Waals surface area contributed by atoms with Crippen molar-refractivity contribution in [2.45, 2.75) is 9.79 Å². The van der Waals surface area contributed by atoms with Gasteiger partial charge < -0.3 is 0 Å². The van der Waals surface area contributed by atoms with E-state index in [9.17, 15) is 29.8 Å². The van der Waals surface area contributed by atoms with Gasteiger partial charge >= 0.3 is 0 Å². The molecule has 0 bridgehead atoms. The van der Waals surface area contributed by atoms with Gasteiger partial charge in [-0.1, -0.05) is 24.3 Å². The predicted molar refractivity (Wildman–Crippen MR) is 123 cm³/mol. The number of nitrogens with zero attached hydrogens (tertiary/aromatic N) is 2. The minimum Gasteiger partial charge on any atom is -0.293 e. The monoisotopic (exact) mass is 468 g/mol. The van der Waals surface area contributed by atoms with E-state index in [0.717, 1.165) is 9.79 Å². The molecule has 0 fully saturated rings. The first-order chi connectivity index (χ1) is 15.3. The van der Waals surface area contributed by atoms with E-state index in [0.29, 0.717) is 11.1 Å².